The van der Waals surface area contributed by atoms with Crippen LogP contribution in [0, 0.1) is 0 Å². The summed E-state index contributed by atoms with van der Waals surface area (Å²) >= 11 is 0. The fraction of sp³-hybridized carbons (Fsp3) is 1.00. The first-order valence-electron chi connectivity index (χ1n) is 3.80. The van der Waals surface area contributed by atoms with Crippen molar-refractivity contribution in [3.05, 3.63) is 0 Å². The number of nitrogens with one attached hydrogen (secondary N) is 1. The van der Waals surface area contributed by atoms with Gasteiger partial charge >= 0.3 is 0 Å². The van der Waals surface area contributed by atoms with Gasteiger partial charge in [-0.1, -0.05) is 0 Å². The molecule has 0 unspecified atom stereocenters. The molecular formula is C7H13NO. The highest BCUT2D eigenvalue weighted by molar-refractivity contribution is 4.88. The summed E-state index contributed by atoms with van der Waals surface area (Å²) in [7, 11) is 0. The quantitative estimate of drug-likeness (QED) is 0.521. The fourth-order valence-electron chi connectivity index (χ4n) is 1.53. The third-order valence-corrected chi connectivity index (χ3v) is 2.31. The minimum absolute atomic E-state index is 0.151. The predicted molar refractivity (Wildman–Crippen MR) is 35.2 cm³/mol. The Labute approximate surface area is 55.6 Å². The van der Waals surface area contributed by atoms with Crippen LogP contribution in [0.2, 0.25) is 0 Å². The van der Waals surface area contributed by atoms with Crippen LogP contribution in [0.5, 0.6) is 0 Å². The van der Waals surface area contributed by atoms with E-state index in [1.807, 2.05) is 0 Å². The third kappa shape index (κ3) is 0.864. The van der Waals surface area contributed by atoms with E-state index in [0.717, 1.165) is 13.2 Å². The van der Waals surface area contributed by atoms with Crippen molar-refractivity contribution in [2.24, 2.45) is 0 Å². The molecule has 0 atom stereocenters. The van der Waals surface area contributed by atoms with E-state index in [2.05, 4.69) is 5.32 Å². The molecule has 0 radical (unpaired) electrons. The van der Waals surface area contributed by atoms with E-state index in [4.69, 9.17) is 4.74 Å². The van der Waals surface area contributed by atoms with Gasteiger partial charge in [-0.15, -0.1) is 0 Å². The SMILES string of the molecule is C1CNC2(CCC2)OC1. The first kappa shape index (κ1) is 5.69. The second kappa shape index (κ2) is 1.96. The van der Waals surface area contributed by atoms with E-state index in [0.29, 0.717) is 0 Å². The van der Waals surface area contributed by atoms with Gasteiger partial charge in [-0.2, -0.15) is 0 Å². The normalized spacial score (nSPS) is 32.0. The van der Waals surface area contributed by atoms with Crippen LogP contribution in [0.1, 0.15) is 25.7 Å². The molecule has 2 fully saturated rings. The summed E-state index contributed by atoms with van der Waals surface area (Å²) < 4.78 is 5.59. The van der Waals surface area contributed by atoms with Gasteiger partial charge in [-0.05, 0) is 32.2 Å². The van der Waals surface area contributed by atoms with Gasteiger partial charge in [0.15, 0.2) is 0 Å². The molecular weight excluding hydrogens is 114 g/mol. The lowest BCUT2D eigenvalue weighted by Gasteiger charge is -2.45. The minimum Gasteiger partial charge on any atom is -0.361 e. The highest BCUT2D eigenvalue weighted by atomic mass is 16.5. The molecule has 9 heavy (non-hydrogen) atoms. The van der Waals surface area contributed by atoms with Crippen LogP contribution < -0.4 is 5.32 Å². The largest absolute Gasteiger partial charge is 0.361 e. The lowest BCUT2D eigenvalue weighted by Crippen LogP contribution is -2.56. The van der Waals surface area contributed by atoms with Crippen LogP contribution in [0.3, 0.4) is 0 Å². The molecule has 2 heteroatoms. The average Bonchev–Trinajstić information content (AvgIpc) is 1.87. The molecule has 0 aromatic rings. The van der Waals surface area contributed by atoms with E-state index in [-0.39, 0.29) is 5.72 Å². The monoisotopic (exact) mass is 127 g/mol. The molecule has 2 aliphatic rings. The summed E-state index contributed by atoms with van der Waals surface area (Å²) in [6.45, 7) is 2.12. The van der Waals surface area contributed by atoms with Crippen LogP contribution in [-0.2, 0) is 4.74 Å². The second-order valence-electron chi connectivity index (χ2n) is 2.98. The van der Waals surface area contributed by atoms with Crippen molar-refractivity contribution in [1.29, 1.82) is 0 Å². The van der Waals surface area contributed by atoms with Crippen molar-refractivity contribution in [3.8, 4) is 0 Å². The summed E-state index contributed by atoms with van der Waals surface area (Å²) in [6.07, 6.45) is 4.98. The minimum atomic E-state index is 0.151. The fourth-order valence-corrected chi connectivity index (χ4v) is 1.53. The molecule has 0 bridgehead atoms. The van der Waals surface area contributed by atoms with Gasteiger partial charge < -0.3 is 4.74 Å². The van der Waals surface area contributed by atoms with Crippen LogP contribution in [0.15, 0.2) is 0 Å². The lowest BCUT2D eigenvalue weighted by molar-refractivity contribution is -0.143. The zero-order valence-corrected chi connectivity index (χ0v) is 5.65. The Morgan fingerprint density at radius 1 is 1.22 bits per heavy atom. The smallest absolute Gasteiger partial charge is 0.119 e. The van der Waals surface area contributed by atoms with E-state index >= 15 is 0 Å². The molecule has 52 valence electrons. The Kier molecular flexibility index (Phi) is 1.24. The zero-order valence-electron chi connectivity index (χ0n) is 5.65. The molecule has 1 saturated heterocycles. The molecule has 1 aliphatic carbocycles. The van der Waals surface area contributed by atoms with E-state index in [9.17, 15) is 0 Å². The van der Waals surface area contributed by atoms with Crippen LogP contribution in [-0.4, -0.2) is 18.9 Å². The van der Waals surface area contributed by atoms with Crippen molar-refractivity contribution in [1.82, 2.24) is 5.32 Å². The standard InChI is InChI=1S/C7H13NO/c1-3-7(4-1)8-5-2-6-9-7/h8H,1-6H2. The molecule has 1 heterocycles. The van der Waals surface area contributed by atoms with Crippen LogP contribution in [0.4, 0.5) is 0 Å². The summed E-state index contributed by atoms with van der Waals surface area (Å²) in [5, 5.41) is 3.41. The first-order valence-corrected chi connectivity index (χ1v) is 3.80. The van der Waals surface area contributed by atoms with Gasteiger partial charge in [0.05, 0.1) is 6.61 Å². The van der Waals surface area contributed by atoms with Crippen molar-refractivity contribution < 1.29 is 4.74 Å². The zero-order chi connectivity index (χ0) is 6.16. The number of rotatable bonds is 0. The molecule has 1 saturated carbocycles. The first-order chi connectivity index (χ1) is 4.41. The number of ether oxygens (including phenoxy) is 1. The van der Waals surface area contributed by atoms with Crippen LogP contribution in [0.25, 0.3) is 0 Å². The van der Waals surface area contributed by atoms with Crippen LogP contribution >= 0.6 is 0 Å². The molecule has 0 aromatic carbocycles. The Morgan fingerprint density at radius 3 is 2.44 bits per heavy atom. The van der Waals surface area contributed by atoms with Crippen molar-refractivity contribution in [3.63, 3.8) is 0 Å². The molecule has 2 rings (SSSR count). The predicted octanol–water partition coefficient (Wildman–Crippen LogP) is 0.877. The van der Waals surface area contributed by atoms with Crippen molar-refractivity contribution >= 4 is 0 Å². The number of hydrogen-bond acceptors (Lipinski definition) is 2. The van der Waals surface area contributed by atoms with E-state index in [1.54, 1.807) is 0 Å². The molecule has 1 N–H and O–H groups in total. The third-order valence-electron chi connectivity index (χ3n) is 2.31. The van der Waals surface area contributed by atoms with E-state index < -0.39 is 0 Å². The second-order valence-corrected chi connectivity index (χ2v) is 2.98. The maximum Gasteiger partial charge on any atom is 0.119 e. The topological polar surface area (TPSA) is 21.3 Å². The summed E-state index contributed by atoms with van der Waals surface area (Å²) in [5.74, 6) is 0. The van der Waals surface area contributed by atoms with Gasteiger partial charge in [0.25, 0.3) is 0 Å². The maximum absolute atomic E-state index is 5.59. The van der Waals surface area contributed by atoms with Gasteiger partial charge in [0, 0.05) is 0 Å². The summed E-state index contributed by atoms with van der Waals surface area (Å²) in [4.78, 5) is 0. The Balaban J connectivity index is 1.93. The Bertz CT molecular complexity index is 101. The lowest BCUT2D eigenvalue weighted by atomic mass is 9.87. The molecule has 1 spiro atoms. The molecule has 1 aliphatic heterocycles. The maximum atomic E-state index is 5.59. The Hall–Kier alpha value is -0.0800. The highest BCUT2D eigenvalue weighted by Gasteiger charge is 2.38. The molecule has 2 nitrogen and oxygen atoms in total. The molecule has 0 aromatic heterocycles. The van der Waals surface area contributed by atoms with Gasteiger partial charge in [0.1, 0.15) is 5.72 Å². The average molecular weight is 127 g/mol. The summed E-state index contributed by atoms with van der Waals surface area (Å²) in [6, 6.07) is 0. The summed E-state index contributed by atoms with van der Waals surface area (Å²) in [5.41, 5.74) is 0.151. The van der Waals surface area contributed by atoms with Crippen molar-refractivity contribution in [2.75, 3.05) is 13.2 Å². The van der Waals surface area contributed by atoms with Crippen molar-refractivity contribution in [2.45, 2.75) is 31.4 Å². The molecule has 0 amide bonds. The van der Waals surface area contributed by atoms with E-state index in [1.165, 1.54) is 25.7 Å². The highest BCUT2D eigenvalue weighted by Crippen LogP contribution is 2.34. The van der Waals surface area contributed by atoms with Gasteiger partial charge in [-0.25, -0.2) is 0 Å². The Morgan fingerprint density at radius 2 is 2.11 bits per heavy atom. The van der Waals surface area contributed by atoms with Gasteiger partial charge in [0.2, 0.25) is 0 Å². The van der Waals surface area contributed by atoms with Gasteiger partial charge in [-0.3, -0.25) is 5.32 Å². The number of hydrogen-bond donors (Lipinski definition) is 1.